The highest BCUT2D eigenvalue weighted by Gasteiger charge is 2.28. The molecule has 1 saturated heterocycles. The summed E-state index contributed by atoms with van der Waals surface area (Å²) in [5.74, 6) is -0.869. The zero-order valence-corrected chi connectivity index (χ0v) is 14.2. The number of nitrogens with zero attached hydrogens (tertiary/aromatic N) is 1. The average Bonchev–Trinajstić information content (AvgIpc) is 2.80. The van der Waals surface area contributed by atoms with E-state index in [4.69, 9.17) is 5.11 Å². The van der Waals surface area contributed by atoms with E-state index >= 15 is 0 Å². The smallest absolute Gasteiger partial charge is 0.307 e. The van der Waals surface area contributed by atoms with E-state index < -0.39 is 5.97 Å². The van der Waals surface area contributed by atoms with Crippen molar-refractivity contribution in [3.63, 3.8) is 0 Å². The third-order valence-electron chi connectivity index (χ3n) is 3.41. The first-order chi connectivity index (χ1) is 9.45. The van der Waals surface area contributed by atoms with Gasteiger partial charge in [-0.1, -0.05) is 35.8 Å². The van der Waals surface area contributed by atoms with Crippen LogP contribution in [0.4, 0.5) is 0 Å². The zero-order chi connectivity index (χ0) is 14.7. The van der Waals surface area contributed by atoms with Gasteiger partial charge in [0.05, 0.1) is 5.92 Å². The van der Waals surface area contributed by atoms with Crippen LogP contribution in [0.5, 0.6) is 0 Å². The van der Waals surface area contributed by atoms with Crippen molar-refractivity contribution in [1.29, 1.82) is 0 Å². The van der Waals surface area contributed by atoms with E-state index in [1.54, 1.807) is 0 Å². The molecule has 1 unspecified atom stereocenters. The Labute approximate surface area is 132 Å². The monoisotopic (exact) mass is 357 g/mol. The molecule has 1 heterocycles. The van der Waals surface area contributed by atoms with Crippen molar-refractivity contribution >= 4 is 33.7 Å². The van der Waals surface area contributed by atoms with E-state index in [2.05, 4.69) is 52.9 Å². The maximum absolute atomic E-state index is 11.0. The summed E-state index contributed by atoms with van der Waals surface area (Å²) >= 11 is 5.38. The van der Waals surface area contributed by atoms with Crippen LogP contribution in [0, 0.1) is 5.92 Å². The van der Waals surface area contributed by atoms with E-state index in [-0.39, 0.29) is 5.92 Å². The molecule has 1 aliphatic heterocycles. The van der Waals surface area contributed by atoms with Gasteiger partial charge in [-0.25, -0.2) is 0 Å². The van der Waals surface area contributed by atoms with Crippen LogP contribution in [0.25, 0.3) is 0 Å². The molecule has 5 heteroatoms. The number of hydrogen-bond donors (Lipinski definition) is 1. The summed E-state index contributed by atoms with van der Waals surface area (Å²) in [4.78, 5) is 14.5. The summed E-state index contributed by atoms with van der Waals surface area (Å²) in [6.45, 7) is 6.75. The van der Waals surface area contributed by atoms with E-state index in [0.717, 1.165) is 24.0 Å². The van der Waals surface area contributed by atoms with Crippen LogP contribution < -0.4 is 0 Å². The van der Waals surface area contributed by atoms with Crippen molar-refractivity contribution in [2.45, 2.75) is 37.0 Å². The van der Waals surface area contributed by atoms with Gasteiger partial charge in [0.25, 0.3) is 0 Å². The highest BCUT2D eigenvalue weighted by Crippen LogP contribution is 2.31. The highest BCUT2D eigenvalue weighted by atomic mass is 79.9. The summed E-state index contributed by atoms with van der Waals surface area (Å²) in [6.07, 6.45) is 0.762. The third kappa shape index (κ3) is 4.24. The molecule has 2 rings (SSSR count). The molecule has 0 aliphatic carbocycles. The van der Waals surface area contributed by atoms with Crippen molar-refractivity contribution in [2.24, 2.45) is 5.92 Å². The number of hydrogen-bond acceptors (Lipinski definition) is 3. The van der Waals surface area contributed by atoms with E-state index in [1.165, 1.54) is 10.5 Å². The van der Waals surface area contributed by atoms with Gasteiger partial charge in [-0.3, -0.25) is 9.69 Å². The summed E-state index contributed by atoms with van der Waals surface area (Å²) in [5, 5.41) is 9.61. The van der Waals surface area contributed by atoms with Crippen molar-refractivity contribution < 1.29 is 9.90 Å². The van der Waals surface area contributed by atoms with Crippen molar-refractivity contribution in [3.8, 4) is 0 Å². The summed E-state index contributed by atoms with van der Waals surface area (Å²) in [6, 6.07) is 6.36. The molecule has 3 nitrogen and oxygen atoms in total. The SMILES string of the molecule is CC(C)Sc1cc(Br)ccc1CN1CCC(C(=O)O)C1. The topological polar surface area (TPSA) is 40.5 Å². The Balaban J connectivity index is 2.07. The number of carboxylic acid groups (broad SMARTS) is 1. The van der Waals surface area contributed by atoms with Gasteiger partial charge in [0.2, 0.25) is 0 Å². The fourth-order valence-corrected chi connectivity index (χ4v) is 3.94. The number of likely N-dealkylation sites (tertiary alicyclic amines) is 1. The zero-order valence-electron chi connectivity index (χ0n) is 11.8. The molecule has 20 heavy (non-hydrogen) atoms. The lowest BCUT2D eigenvalue weighted by atomic mass is 10.1. The number of carbonyl (C=O) groups is 1. The minimum absolute atomic E-state index is 0.202. The molecular weight excluding hydrogens is 338 g/mol. The lowest BCUT2D eigenvalue weighted by Gasteiger charge is -2.18. The fraction of sp³-hybridized carbons (Fsp3) is 0.533. The van der Waals surface area contributed by atoms with Gasteiger partial charge in [0.15, 0.2) is 0 Å². The molecule has 1 aromatic rings. The molecule has 0 spiro atoms. The number of benzene rings is 1. The normalized spacial score (nSPS) is 19.7. The minimum atomic E-state index is -0.667. The molecule has 1 fully saturated rings. The Morgan fingerprint density at radius 2 is 2.30 bits per heavy atom. The number of rotatable bonds is 5. The Hall–Kier alpha value is -0.520. The van der Waals surface area contributed by atoms with E-state index in [0.29, 0.717) is 11.8 Å². The third-order valence-corrected chi connectivity index (χ3v) is 5.01. The predicted molar refractivity (Wildman–Crippen MR) is 86.2 cm³/mol. The fourth-order valence-electron chi connectivity index (χ4n) is 2.44. The Kier molecular flexibility index (Phi) is 5.52. The second-order valence-corrected chi connectivity index (χ2v) is 8.01. The second-order valence-electron chi connectivity index (χ2n) is 5.48. The highest BCUT2D eigenvalue weighted by molar-refractivity contribution is 9.10. The van der Waals surface area contributed by atoms with Crippen LogP contribution in [0.1, 0.15) is 25.8 Å². The van der Waals surface area contributed by atoms with Crippen molar-refractivity contribution in [1.82, 2.24) is 4.90 Å². The van der Waals surface area contributed by atoms with Gasteiger partial charge in [0, 0.05) is 27.7 Å². The molecule has 1 atom stereocenters. The molecule has 0 saturated carbocycles. The van der Waals surface area contributed by atoms with Crippen LogP contribution in [-0.4, -0.2) is 34.3 Å². The molecule has 0 bridgehead atoms. The Morgan fingerprint density at radius 1 is 1.55 bits per heavy atom. The van der Waals surface area contributed by atoms with Gasteiger partial charge < -0.3 is 5.11 Å². The Bertz CT molecular complexity index is 493. The quantitative estimate of drug-likeness (QED) is 0.812. The summed E-state index contributed by atoms with van der Waals surface area (Å²) in [5.41, 5.74) is 1.29. The van der Waals surface area contributed by atoms with Crippen LogP contribution in [0.2, 0.25) is 0 Å². The lowest BCUT2D eigenvalue weighted by molar-refractivity contribution is -0.141. The average molecular weight is 358 g/mol. The number of halogens is 1. The molecule has 110 valence electrons. The van der Waals surface area contributed by atoms with Gasteiger partial charge in [-0.15, -0.1) is 11.8 Å². The molecular formula is C15H20BrNO2S. The maximum Gasteiger partial charge on any atom is 0.307 e. The van der Waals surface area contributed by atoms with Crippen molar-refractivity contribution in [3.05, 3.63) is 28.2 Å². The lowest BCUT2D eigenvalue weighted by Crippen LogP contribution is -2.23. The molecule has 0 radical (unpaired) electrons. The van der Waals surface area contributed by atoms with Crippen molar-refractivity contribution in [2.75, 3.05) is 13.1 Å². The molecule has 1 aromatic carbocycles. The predicted octanol–water partition coefficient (Wildman–Crippen LogP) is 3.86. The minimum Gasteiger partial charge on any atom is -0.481 e. The van der Waals surface area contributed by atoms with Crippen LogP contribution in [0.3, 0.4) is 0 Å². The number of aliphatic carboxylic acids is 1. The van der Waals surface area contributed by atoms with E-state index in [1.807, 2.05) is 11.8 Å². The first-order valence-electron chi connectivity index (χ1n) is 6.86. The molecule has 0 amide bonds. The summed E-state index contributed by atoms with van der Waals surface area (Å²) in [7, 11) is 0. The van der Waals surface area contributed by atoms with Crippen LogP contribution in [-0.2, 0) is 11.3 Å². The second kappa shape index (κ2) is 6.96. The van der Waals surface area contributed by atoms with Gasteiger partial charge in [-0.05, 0) is 30.7 Å². The number of carboxylic acids is 1. The number of thioether (sulfide) groups is 1. The van der Waals surface area contributed by atoms with Crippen LogP contribution in [0.15, 0.2) is 27.6 Å². The molecule has 0 aromatic heterocycles. The van der Waals surface area contributed by atoms with Gasteiger partial charge >= 0.3 is 5.97 Å². The first-order valence-corrected chi connectivity index (χ1v) is 8.53. The summed E-state index contributed by atoms with van der Waals surface area (Å²) < 4.78 is 1.09. The Morgan fingerprint density at radius 3 is 2.90 bits per heavy atom. The van der Waals surface area contributed by atoms with Gasteiger partial charge in [0.1, 0.15) is 0 Å². The molecule has 1 aliphatic rings. The van der Waals surface area contributed by atoms with Crippen LogP contribution >= 0.6 is 27.7 Å². The largest absolute Gasteiger partial charge is 0.481 e. The standard InChI is InChI=1S/C15H20BrNO2S/c1-10(2)20-14-7-13(16)4-3-11(14)8-17-6-5-12(9-17)15(18)19/h3-4,7,10,12H,5-6,8-9H2,1-2H3,(H,18,19). The first kappa shape index (κ1) is 15.9. The molecule has 1 N–H and O–H groups in total. The van der Waals surface area contributed by atoms with Gasteiger partial charge in [-0.2, -0.15) is 0 Å². The van der Waals surface area contributed by atoms with E-state index in [9.17, 15) is 4.79 Å². The maximum atomic E-state index is 11.0.